The lowest BCUT2D eigenvalue weighted by molar-refractivity contribution is -0.133. The van der Waals surface area contributed by atoms with Crippen LogP contribution in [0, 0.1) is 5.41 Å². The van der Waals surface area contributed by atoms with E-state index in [1.807, 2.05) is 0 Å². The zero-order chi connectivity index (χ0) is 8.48. The molecule has 0 saturated carbocycles. The SMILES string of the molecule is C=C(C)C(=O)CC1(C)COC1. The Morgan fingerprint density at radius 3 is 2.45 bits per heavy atom. The number of allylic oxidation sites excluding steroid dienone is 1. The van der Waals surface area contributed by atoms with Gasteiger partial charge in [0.2, 0.25) is 0 Å². The van der Waals surface area contributed by atoms with Crippen LogP contribution >= 0.6 is 0 Å². The number of Topliss-reactive ketones (excluding diaryl/α,β-unsaturated/α-hetero) is 1. The largest absolute Gasteiger partial charge is 0.380 e. The molecule has 0 aromatic carbocycles. The van der Waals surface area contributed by atoms with Gasteiger partial charge in [0, 0.05) is 11.8 Å². The first-order valence-electron chi connectivity index (χ1n) is 3.80. The fraction of sp³-hybridized carbons (Fsp3) is 0.667. The topological polar surface area (TPSA) is 26.3 Å². The minimum Gasteiger partial charge on any atom is -0.380 e. The molecule has 0 unspecified atom stereocenters. The number of hydrogen-bond acceptors (Lipinski definition) is 2. The van der Waals surface area contributed by atoms with Gasteiger partial charge in [0.05, 0.1) is 13.2 Å². The van der Waals surface area contributed by atoms with Crippen LogP contribution in [-0.4, -0.2) is 19.0 Å². The maximum absolute atomic E-state index is 11.2. The maximum Gasteiger partial charge on any atom is 0.158 e. The predicted molar refractivity (Wildman–Crippen MR) is 43.4 cm³/mol. The van der Waals surface area contributed by atoms with Gasteiger partial charge in [-0.3, -0.25) is 4.79 Å². The highest BCUT2D eigenvalue weighted by atomic mass is 16.5. The summed E-state index contributed by atoms with van der Waals surface area (Å²) in [6.07, 6.45) is 0.586. The highest BCUT2D eigenvalue weighted by Gasteiger charge is 2.35. The molecule has 0 amide bonds. The normalized spacial score (nSPS) is 20.5. The molecule has 1 aliphatic rings. The van der Waals surface area contributed by atoms with Crippen LogP contribution in [0.5, 0.6) is 0 Å². The summed E-state index contributed by atoms with van der Waals surface area (Å²) in [6.45, 7) is 8.86. The lowest BCUT2D eigenvalue weighted by Crippen LogP contribution is -2.41. The third-order valence-corrected chi connectivity index (χ3v) is 1.96. The van der Waals surface area contributed by atoms with E-state index in [9.17, 15) is 4.79 Å². The standard InChI is InChI=1S/C9H14O2/c1-7(2)8(10)4-9(3)5-11-6-9/h1,4-6H2,2-3H3. The number of ether oxygens (including phenoxy) is 1. The molecule has 0 bridgehead atoms. The number of hydrogen-bond donors (Lipinski definition) is 0. The summed E-state index contributed by atoms with van der Waals surface area (Å²) in [4.78, 5) is 11.2. The van der Waals surface area contributed by atoms with Crippen LogP contribution in [0.3, 0.4) is 0 Å². The first kappa shape index (κ1) is 8.47. The highest BCUT2D eigenvalue weighted by molar-refractivity contribution is 5.94. The van der Waals surface area contributed by atoms with Gasteiger partial charge in [-0.25, -0.2) is 0 Å². The van der Waals surface area contributed by atoms with Crippen molar-refractivity contribution >= 4 is 5.78 Å². The van der Waals surface area contributed by atoms with Gasteiger partial charge in [-0.1, -0.05) is 13.5 Å². The minimum absolute atomic E-state index is 0.0933. The Morgan fingerprint density at radius 2 is 2.18 bits per heavy atom. The molecule has 0 aromatic rings. The van der Waals surface area contributed by atoms with Crippen molar-refractivity contribution in [2.24, 2.45) is 5.41 Å². The van der Waals surface area contributed by atoms with E-state index in [1.165, 1.54) is 0 Å². The number of carbonyl (C=O) groups is 1. The van der Waals surface area contributed by atoms with Crippen molar-refractivity contribution in [2.45, 2.75) is 20.3 Å². The average molecular weight is 154 g/mol. The second kappa shape index (κ2) is 2.78. The van der Waals surface area contributed by atoms with E-state index in [0.717, 1.165) is 0 Å². The molecule has 0 atom stereocenters. The fourth-order valence-corrected chi connectivity index (χ4v) is 1.09. The van der Waals surface area contributed by atoms with Crippen LogP contribution < -0.4 is 0 Å². The van der Waals surface area contributed by atoms with Gasteiger partial charge in [-0.15, -0.1) is 0 Å². The molecule has 11 heavy (non-hydrogen) atoms. The van der Waals surface area contributed by atoms with Crippen molar-refractivity contribution in [1.29, 1.82) is 0 Å². The molecule has 0 aromatic heterocycles. The van der Waals surface area contributed by atoms with Gasteiger partial charge < -0.3 is 4.74 Å². The highest BCUT2D eigenvalue weighted by Crippen LogP contribution is 2.31. The molecular formula is C9H14O2. The Hall–Kier alpha value is -0.630. The van der Waals surface area contributed by atoms with Gasteiger partial charge >= 0.3 is 0 Å². The molecule has 2 nitrogen and oxygen atoms in total. The molecule has 0 aliphatic carbocycles. The van der Waals surface area contributed by atoms with Crippen molar-refractivity contribution in [1.82, 2.24) is 0 Å². The quantitative estimate of drug-likeness (QED) is 0.576. The van der Waals surface area contributed by atoms with E-state index in [1.54, 1.807) is 6.92 Å². The third-order valence-electron chi connectivity index (χ3n) is 1.96. The molecule has 1 saturated heterocycles. The predicted octanol–water partition coefficient (Wildman–Crippen LogP) is 1.56. The third kappa shape index (κ3) is 1.90. The van der Waals surface area contributed by atoms with Crippen molar-refractivity contribution in [3.8, 4) is 0 Å². The van der Waals surface area contributed by atoms with Crippen molar-refractivity contribution in [3.05, 3.63) is 12.2 Å². The smallest absolute Gasteiger partial charge is 0.158 e. The first-order valence-corrected chi connectivity index (χ1v) is 3.80. The van der Waals surface area contributed by atoms with Crippen LogP contribution in [0.2, 0.25) is 0 Å². The molecule has 1 fully saturated rings. The van der Waals surface area contributed by atoms with Gasteiger partial charge in [0.25, 0.3) is 0 Å². The molecular weight excluding hydrogens is 140 g/mol. The van der Waals surface area contributed by atoms with Crippen molar-refractivity contribution in [3.63, 3.8) is 0 Å². The summed E-state index contributed by atoms with van der Waals surface area (Å²) in [5, 5.41) is 0. The van der Waals surface area contributed by atoms with Crippen molar-refractivity contribution < 1.29 is 9.53 Å². The van der Waals surface area contributed by atoms with Gasteiger partial charge in [0.15, 0.2) is 5.78 Å². The lowest BCUT2D eigenvalue weighted by Gasteiger charge is -2.37. The van der Waals surface area contributed by atoms with E-state index in [2.05, 4.69) is 13.5 Å². The van der Waals surface area contributed by atoms with Gasteiger partial charge in [0.1, 0.15) is 0 Å². The van der Waals surface area contributed by atoms with Crippen LogP contribution in [0.4, 0.5) is 0 Å². The van der Waals surface area contributed by atoms with E-state index < -0.39 is 0 Å². The van der Waals surface area contributed by atoms with Gasteiger partial charge in [-0.2, -0.15) is 0 Å². The second-order valence-electron chi connectivity index (χ2n) is 3.68. The molecule has 2 heteroatoms. The maximum atomic E-state index is 11.2. The Labute approximate surface area is 67.2 Å². The summed E-state index contributed by atoms with van der Waals surface area (Å²) in [5.74, 6) is 0.163. The number of carbonyl (C=O) groups excluding carboxylic acids is 1. The Balaban J connectivity index is 2.41. The van der Waals surface area contributed by atoms with Crippen LogP contribution in [-0.2, 0) is 9.53 Å². The molecule has 1 aliphatic heterocycles. The van der Waals surface area contributed by atoms with Crippen LogP contribution in [0.15, 0.2) is 12.2 Å². The van der Waals surface area contributed by atoms with Crippen molar-refractivity contribution in [2.75, 3.05) is 13.2 Å². The zero-order valence-corrected chi connectivity index (χ0v) is 7.14. The number of ketones is 1. The lowest BCUT2D eigenvalue weighted by atomic mass is 9.82. The Bertz CT molecular complexity index is 190. The summed E-state index contributed by atoms with van der Waals surface area (Å²) >= 11 is 0. The minimum atomic E-state index is 0.0933. The summed E-state index contributed by atoms with van der Waals surface area (Å²) in [6, 6.07) is 0. The molecule has 0 spiro atoms. The van der Waals surface area contributed by atoms with Crippen LogP contribution in [0.25, 0.3) is 0 Å². The summed E-state index contributed by atoms with van der Waals surface area (Å²) < 4.78 is 5.04. The second-order valence-corrected chi connectivity index (χ2v) is 3.68. The zero-order valence-electron chi connectivity index (χ0n) is 7.14. The van der Waals surface area contributed by atoms with E-state index in [4.69, 9.17) is 4.74 Å². The summed E-state index contributed by atoms with van der Waals surface area (Å²) in [7, 11) is 0. The van der Waals surface area contributed by atoms with Gasteiger partial charge in [-0.05, 0) is 12.5 Å². The first-order chi connectivity index (χ1) is 5.03. The average Bonchev–Trinajstić information content (AvgIpc) is 1.84. The Morgan fingerprint density at radius 1 is 1.64 bits per heavy atom. The molecule has 1 rings (SSSR count). The molecule has 62 valence electrons. The molecule has 1 heterocycles. The molecule has 0 N–H and O–H groups in total. The monoisotopic (exact) mass is 154 g/mol. The van der Waals surface area contributed by atoms with E-state index in [0.29, 0.717) is 25.2 Å². The molecule has 0 radical (unpaired) electrons. The summed E-state index contributed by atoms with van der Waals surface area (Å²) in [5.41, 5.74) is 0.744. The number of rotatable bonds is 3. The Kier molecular flexibility index (Phi) is 2.14. The van der Waals surface area contributed by atoms with E-state index >= 15 is 0 Å². The fourth-order valence-electron chi connectivity index (χ4n) is 1.09. The van der Waals surface area contributed by atoms with E-state index in [-0.39, 0.29) is 11.2 Å². The van der Waals surface area contributed by atoms with Crippen LogP contribution in [0.1, 0.15) is 20.3 Å².